The highest BCUT2D eigenvalue weighted by Gasteiger charge is 2.00. The Kier molecular flexibility index (Phi) is 5.46. The second kappa shape index (κ2) is 7.55. The molecular formula is C17H20N2O2. The van der Waals surface area contributed by atoms with Gasteiger partial charge in [0.1, 0.15) is 5.75 Å². The van der Waals surface area contributed by atoms with Crippen LogP contribution in [0, 0.1) is 0 Å². The van der Waals surface area contributed by atoms with E-state index in [-0.39, 0.29) is 11.9 Å². The molecule has 1 aromatic carbocycles. The SMILES string of the molecule is CC(O)CCC/C=C/c1cnc(-c2ccc(O)cc2)nc1. The van der Waals surface area contributed by atoms with Crippen LogP contribution >= 0.6 is 0 Å². The average Bonchev–Trinajstić information content (AvgIpc) is 2.48. The van der Waals surface area contributed by atoms with Gasteiger partial charge in [-0.25, -0.2) is 9.97 Å². The first-order chi connectivity index (χ1) is 10.1. The van der Waals surface area contributed by atoms with E-state index in [9.17, 15) is 5.11 Å². The van der Waals surface area contributed by atoms with Crippen LogP contribution in [0.3, 0.4) is 0 Å². The van der Waals surface area contributed by atoms with Crippen molar-refractivity contribution in [3.63, 3.8) is 0 Å². The number of hydrogen-bond acceptors (Lipinski definition) is 4. The highest BCUT2D eigenvalue weighted by molar-refractivity contribution is 5.57. The number of aromatic hydroxyl groups is 1. The first-order valence-corrected chi connectivity index (χ1v) is 7.11. The molecule has 0 aliphatic carbocycles. The quantitative estimate of drug-likeness (QED) is 0.798. The van der Waals surface area contributed by atoms with Crippen LogP contribution in [-0.2, 0) is 0 Å². The zero-order valence-electron chi connectivity index (χ0n) is 12.1. The summed E-state index contributed by atoms with van der Waals surface area (Å²) in [6.07, 6.45) is 10.1. The van der Waals surface area contributed by atoms with Crippen LogP contribution in [0.1, 0.15) is 31.7 Å². The molecule has 0 radical (unpaired) electrons. The third-order valence-corrected chi connectivity index (χ3v) is 3.10. The van der Waals surface area contributed by atoms with Crippen LogP contribution in [0.5, 0.6) is 5.75 Å². The molecule has 21 heavy (non-hydrogen) atoms. The molecule has 2 rings (SSSR count). The molecule has 1 aromatic heterocycles. The van der Waals surface area contributed by atoms with Crippen molar-refractivity contribution in [1.82, 2.24) is 9.97 Å². The summed E-state index contributed by atoms with van der Waals surface area (Å²) in [4.78, 5) is 8.64. The number of allylic oxidation sites excluding steroid dienone is 1. The molecule has 0 bridgehead atoms. The Labute approximate surface area is 124 Å². The maximum absolute atomic E-state index is 9.26. The number of unbranched alkanes of at least 4 members (excludes halogenated alkanes) is 1. The van der Waals surface area contributed by atoms with E-state index < -0.39 is 0 Å². The van der Waals surface area contributed by atoms with Gasteiger partial charge in [0, 0.05) is 23.5 Å². The fraction of sp³-hybridized carbons (Fsp3) is 0.294. The summed E-state index contributed by atoms with van der Waals surface area (Å²) in [5.41, 5.74) is 1.83. The predicted molar refractivity (Wildman–Crippen MR) is 83.7 cm³/mol. The second-order valence-corrected chi connectivity index (χ2v) is 5.07. The lowest BCUT2D eigenvalue weighted by atomic mass is 10.1. The number of aliphatic hydroxyl groups excluding tert-OH is 1. The summed E-state index contributed by atoms with van der Waals surface area (Å²) in [7, 11) is 0. The molecule has 2 aromatic rings. The van der Waals surface area contributed by atoms with Crippen molar-refractivity contribution in [2.75, 3.05) is 0 Å². The van der Waals surface area contributed by atoms with E-state index in [1.807, 2.05) is 6.08 Å². The molecule has 0 fully saturated rings. The lowest BCUT2D eigenvalue weighted by Crippen LogP contribution is -1.97. The van der Waals surface area contributed by atoms with Gasteiger partial charge in [0.25, 0.3) is 0 Å². The normalized spacial score (nSPS) is 12.7. The molecule has 2 N–H and O–H groups in total. The van der Waals surface area contributed by atoms with Gasteiger partial charge in [0.15, 0.2) is 5.82 Å². The Morgan fingerprint density at radius 2 is 1.81 bits per heavy atom. The molecular weight excluding hydrogens is 264 g/mol. The zero-order chi connectivity index (χ0) is 15.1. The van der Waals surface area contributed by atoms with Crippen LogP contribution in [-0.4, -0.2) is 26.3 Å². The largest absolute Gasteiger partial charge is 0.508 e. The summed E-state index contributed by atoms with van der Waals surface area (Å²) < 4.78 is 0. The molecule has 0 amide bonds. The third-order valence-electron chi connectivity index (χ3n) is 3.10. The van der Waals surface area contributed by atoms with Gasteiger partial charge in [-0.3, -0.25) is 0 Å². The van der Waals surface area contributed by atoms with Crippen molar-refractivity contribution in [1.29, 1.82) is 0 Å². The van der Waals surface area contributed by atoms with Gasteiger partial charge in [0.05, 0.1) is 6.10 Å². The van der Waals surface area contributed by atoms with E-state index in [0.717, 1.165) is 30.4 Å². The molecule has 0 saturated heterocycles. The van der Waals surface area contributed by atoms with Gasteiger partial charge >= 0.3 is 0 Å². The first kappa shape index (κ1) is 15.2. The Morgan fingerprint density at radius 1 is 1.14 bits per heavy atom. The van der Waals surface area contributed by atoms with Crippen LogP contribution in [0.15, 0.2) is 42.7 Å². The Bertz CT molecular complexity index is 575. The van der Waals surface area contributed by atoms with Crippen molar-refractivity contribution in [3.8, 4) is 17.1 Å². The lowest BCUT2D eigenvalue weighted by Gasteiger charge is -2.01. The first-order valence-electron chi connectivity index (χ1n) is 7.11. The fourth-order valence-corrected chi connectivity index (χ4v) is 1.93. The van der Waals surface area contributed by atoms with E-state index in [0.29, 0.717) is 5.82 Å². The summed E-state index contributed by atoms with van der Waals surface area (Å²) in [6.45, 7) is 1.81. The number of rotatable bonds is 6. The van der Waals surface area contributed by atoms with E-state index in [2.05, 4.69) is 16.0 Å². The highest BCUT2D eigenvalue weighted by atomic mass is 16.3. The summed E-state index contributed by atoms with van der Waals surface area (Å²) in [5, 5.41) is 18.4. The maximum Gasteiger partial charge on any atom is 0.159 e. The number of aliphatic hydroxyl groups is 1. The third kappa shape index (κ3) is 5.00. The monoisotopic (exact) mass is 284 g/mol. The van der Waals surface area contributed by atoms with Crippen LogP contribution in [0.4, 0.5) is 0 Å². The van der Waals surface area contributed by atoms with Gasteiger partial charge in [-0.05, 0) is 50.5 Å². The maximum atomic E-state index is 9.26. The molecule has 4 heteroatoms. The topological polar surface area (TPSA) is 66.2 Å². The van der Waals surface area contributed by atoms with Crippen molar-refractivity contribution in [2.24, 2.45) is 0 Å². The smallest absolute Gasteiger partial charge is 0.159 e. The number of nitrogens with zero attached hydrogens (tertiary/aromatic N) is 2. The minimum absolute atomic E-state index is 0.230. The van der Waals surface area contributed by atoms with Gasteiger partial charge in [-0.1, -0.05) is 12.2 Å². The Morgan fingerprint density at radius 3 is 2.43 bits per heavy atom. The van der Waals surface area contributed by atoms with Gasteiger partial charge in [0.2, 0.25) is 0 Å². The summed E-state index contributed by atoms with van der Waals surface area (Å²) in [5.74, 6) is 0.872. The lowest BCUT2D eigenvalue weighted by molar-refractivity contribution is 0.182. The van der Waals surface area contributed by atoms with E-state index >= 15 is 0 Å². The van der Waals surface area contributed by atoms with Crippen molar-refractivity contribution in [3.05, 3.63) is 48.3 Å². The van der Waals surface area contributed by atoms with Crippen molar-refractivity contribution >= 4 is 6.08 Å². The minimum atomic E-state index is -0.230. The standard InChI is InChI=1S/C17H20N2O2/c1-13(20)5-3-2-4-6-14-11-18-17(19-12-14)15-7-9-16(21)10-8-15/h4,6-13,20-21H,2-3,5H2,1H3/b6-4+. The van der Waals surface area contributed by atoms with E-state index in [1.165, 1.54) is 0 Å². The summed E-state index contributed by atoms with van der Waals surface area (Å²) >= 11 is 0. The number of phenolic OH excluding ortho intramolecular Hbond substituents is 1. The molecule has 4 nitrogen and oxygen atoms in total. The second-order valence-electron chi connectivity index (χ2n) is 5.07. The molecule has 0 saturated carbocycles. The van der Waals surface area contributed by atoms with Gasteiger partial charge in [-0.15, -0.1) is 0 Å². The molecule has 110 valence electrons. The summed E-state index contributed by atoms with van der Waals surface area (Å²) in [6, 6.07) is 6.82. The van der Waals surface area contributed by atoms with Crippen LogP contribution in [0.2, 0.25) is 0 Å². The van der Waals surface area contributed by atoms with Gasteiger partial charge < -0.3 is 10.2 Å². The molecule has 0 aliphatic rings. The fourth-order valence-electron chi connectivity index (χ4n) is 1.93. The average molecular weight is 284 g/mol. The molecule has 1 unspecified atom stereocenters. The predicted octanol–water partition coefficient (Wildman–Crippen LogP) is 3.41. The minimum Gasteiger partial charge on any atom is -0.508 e. The number of benzene rings is 1. The molecule has 0 aliphatic heterocycles. The van der Waals surface area contributed by atoms with Crippen molar-refractivity contribution < 1.29 is 10.2 Å². The molecule has 1 heterocycles. The molecule has 1 atom stereocenters. The zero-order valence-corrected chi connectivity index (χ0v) is 12.1. The van der Waals surface area contributed by atoms with Gasteiger partial charge in [-0.2, -0.15) is 0 Å². The number of hydrogen-bond donors (Lipinski definition) is 2. The van der Waals surface area contributed by atoms with Crippen LogP contribution < -0.4 is 0 Å². The van der Waals surface area contributed by atoms with Crippen LogP contribution in [0.25, 0.3) is 17.5 Å². The number of phenols is 1. The highest BCUT2D eigenvalue weighted by Crippen LogP contribution is 2.18. The van der Waals surface area contributed by atoms with E-state index in [4.69, 9.17) is 5.11 Å². The van der Waals surface area contributed by atoms with Crippen molar-refractivity contribution in [2.45, 2.75) is 32.3 Å². The Hall–Kier alpha value is -2.20. The Balaban J connectivity index is 1.92. The molecule has 0 spiro atoms. The number of aromatic nitrogens is 2. The van der Waals surface area contributed by atoms with E-state index in [1.54, 1.807) is 43.6 Å².